The van der Waals surface area contributed by atoms with Crippen LogP contribution in [0.1, 0.15) is 34.3 Å². The van der Waals surface area contributed by atoms with Crippen molar-refractivity contribution in [3.63, 3.8) is 0 Å². The third-order valence-electron chi connectivity index (χ3n) is 3.94. The normalized spacial score (nSPS) is 10.1. The van der Waals surface area contributed by atoms with Crippen LogP contribution in [0.4, 0.5) is 11.4 Å². The molecule has 2 aromatic rings. The maximum atomic E-state index is 12.0. The topological polar surface area (TPSA) is 118 Å². The molecule has 0 aliphatic rings. The monoisotopic (exact) mass is 369 g/mol. The van der Waals surface area contributed by atoms with Gasteiger partial charge < -0.3 is 5.32 Å². The predicted molar refractivity (Wildman–Crippen MR) is 99.3 cm³/mol. The number of benzene rings is 2. The molecule has 0 aromatic heterocycles. The lowest BCUT2D eigenvalue weighted by molar-refractivity contribution is -0.384. The van der Waals surface area contributed by atoms with E-state index in [9.17, 15) is 24.5 Å². The van der Waals surface area contributed by atoms with Crippen LogP contribution < -0.4 is 10.6 Å². The number of nitrogens with zero attached hydrogens (tertiary/aromatic N) is 1. The number of rotatable bonds is 6. The molecule has 0 saturated carbocycles. The zero-order chi connectivity index (χ0) is 20.0. The summed E-state index contributed by atoms with van der Waals surface area (Å²) in [6.45, 7) is 3.89. The van der Waals surface area contributed by atoms with E-state index < -0.39 is 16.7 Å². The van der Waals surface area contributed by atoms with E-state index in [1.54, 1.807) is 6.07 Å². The second kappa shape index (κ2) is 8.70. The van der Waals surface area contributed by atoms with Crippen molar-refractivity contribution in [2.24, 2.45) is 0 Å². The summed E-state index contributed by atoms with van der Waals surface area (Å²) in [5.74, 6) is -1.74. The Hall–Kier alpha value is -3.55. The van der Waals surface area contributed by atoms with Gasteiger partial charge in [-0.2, -0.15) is 0 Å². The van der Waals surface area contributed by atoms with E-state index >= 15 is 0 Å². The van der Waals surface area contributed by atoms with Crippen molar-refractivity contribution in [2.45, 2.75) is 26.7 Å². The number of aryl methyl sites for hydroxylation is 2. The molecule has 0 aliphatic carbocycles. The third-order valence-corrected chi connectivity index (χ3v) is 3.94. The second-order valence-corrected chi connectivity index (χ2v) is 6.03. The summed E-state index contributed by atoms with van der Waals surface area (Å²) in [5.41, 5.74) is 2.52. The van der Waals surface area contributed by atoms with Gasteiger partial charge in [0.2, 0.25) is 11.8 Å². The van der Waals surface area contributed by atoms with Gasteiger partial charge in [0, 0.05) is 36.2 Å². The van der Waals surface area contributed by atoms with Gasteiger partial charge in [-0.3, -0.25) is 29.8 Å². The van der Waals surface area contributed by atoms with Crippen LogP contribution in [0.15, 0.2) is 42.5 Å². The van der Waals surface area contributed by atoms with Crippen LogP contribution in [0.25, 0.3) is 0 Å². The van der Waals surface area contributed by atoms with E-state index in [0.29, 0.717) is 5.69 Å². The van der Waals surface area contributed by atoms with Crippen LogP contribution in [-0.2, 0) is 9.59 Å². The summed E-state index contributed by atoms with van der Waals surface area (Å²) in [7, 11) is 0. The Morgan fingerprint density at radius 1 is 0.963 bits per heavy atom. The molecule has 2 aromatic carbocycles. The molecule has 0 bridgehead atoms. The first-order valence-electron chi connectivity index (χ1n) is 8.22. The van der Waals surface area contributed by atoms with Gasteiger partial charge in [-0.15, -0.1) is 0 Å². The molecule has 0 spiro atoms. The molecule has 2 rings (SSSR count). The molecule has 0 saturated heterocycles. The average Bonchev–Trinajstić information content (AvgIpc) is 2.63. The molecule has 2 N–H and O–H groups in total. The van der Waals surface area contributed by atoms with Crippen molar-refractivity contribution in [3.05, 3.63) is 69.3 Å². The minimum absolute atomic E-state index is 0.00266. The first kappa shape index (κ1) is 19.8. The van der Waals surface area contributed by atoms with Crippen LogP contribution in [-0.4, -0.2) is 22.6 Å². The fraction of sp³-hybridized carbons (Fsp3) is 0.211. The minimum Gasteiger partial charge on any atom is -0.326 e. The van der Waals surface area contributed by atoms with Crippen molar-refractivity contribution >= 4 is 29.1 Å². The lowest BCUT2D eigenvalue weighted by Crippen LogP contribution is -2.31. The Kier molecular flexibility index (Phi) is 6.37. The Bertz CT molecular complexity index is 908. The molecular formula is C19H19N3O5. The first-order valence-corrected chi connectivity index (χ1v) is 8.22. The Morgan fingerprint density at radius 2 is 1.67 bits per heavy atom. The van der Waals surface area contributed by atoms with Crippen LogP contribution in [0, 0.1) is 24.0 Å². The highest BCUT2D eigenvalue weighted by atomic mass is 16.6. The largest absolute Gasteiger partial charge is 0.326 e. The van der Waals surface area contributed by atoms with Crippen LogP contribution >= 0.6 is 0 Å². The molecule has 8 nitrogen and oxygen atoms in total. The average molecular weight is 369 g/mol. The summed E-state index contributed by atoms with van der Waals surface area (Å²) in [6.07, 6.45) is -0.279. The number of hydrogen-bond acceptors (Lipinski definition) is 5. The SMILES string of the molecule is Cc1ccc(NC(=O)CCC(=O)NC(=O)c2cccc([N+](=O)[O-])c2)cc1C. The lowest BCUT2D eigenvalue weighted by atomic mass is 10.1. The first-order chi connectivity index (χ1) is 12.8. The highest BCUT2D eigenvalue weighted by molar-refractivity contribution is 6.05. The minimum atomic E-state index is -0.752. The number of carbonyl (C=O) groups is 3. The van der Waals surface area contributed by atoms with E-state index in [2.05, 4.69) is 10.6 Å². The highest BCUT2D eigenvalue weighted by Gasteiger charge is 2.15. The van der Waals surface area contributed by atoms with Gasteiger partial charge in [0.05, 0.1) is 4.92 Å². The quantitative estimate of drug-likeness (QED) is 0.599. The summed E-state index contributed by atoms with van der Waals surface area (Å²) >= 11 is 0. The van der Waals surface area contributed by atoms with Crippen molar-refractivity contribution in [1.82, 2.24) is 5.32 Å². The van der Waals surface area contributed by atoms with Crippen molar-refractivity contribution in [1.29, 1.82) is 0 Å². The van der Waals surface area contributed by atoms with E-state index in [4.69, 9.17) is 0 Å². The molecular weight excluding hydrogens is 350 g/mol. The Balaban J connectivity index is 1.85. The van der Waals surface area contributed by atoms with Gasteiger partial charge in [0.1, 0.15) is 0 Å². The van der Waals surface area contributed by atoms with Gasteiger partial charge in [-0.05, 0) is 43.2 Å². The molecule has 0 aliphatic heterocycles. The van der Waals surface area contributed by atoms with Crippen LogP contribution in [0.2, 0.25) is 0 Å². The third kappa shape index (κ3) is 5.74. The van der Waals surface area contributed by atoms with Gasteiger partial charge in [-0.25, -0.2) is 0 Å². The molecule has 27 heavy (non-hydrogen) atoms. The van der Waals surface area contributed by atoms with Crippen LogP contribution in [0.3, 0.4) is 0 Å². The number of nitro groups is 1. The Morgan fingerprint density at radius 3 is 2.33 bits per heavy atom. The molecule has 0 unspecified atom stereocenters. The smallest absolute Gasteiger partial charge is 0.270 e. The molecule has 0 atom stereocenters. The summed E-state index contributed by atoms with van der Waals surface area (Å²) in [5, 5.41) is 15.5. The van der Waals surface area contributed by atoms with E-state index in [1.165, 1.54) is 18.2 Å². The molecule has 0 fully saturated rings. The number of amides is 3. The standard InChI is InChI=1S/C19H19N3O5/c1-12-6-7-15(10-13(12)2)20-17(23)8-9-18(24)21-19(25)14-4-3-5-16(11-14)22(26)27/h3-7,10-11H,8-9H2,1-2H3,(H,20,23)(H,21,24,25). The number of non-ortho nitro benzene ring substituents is 1. The van der Waals surface area contributed by atoms with Gasteiger partial charge in [0.25, 0.3) is 11.6 Å². The number of carbonyl (C=O) groups excluding carboxylic acids is 3. The molecule has 140 valence electrons. The zero-order valence-corrected chi connectivity index (χ0v) is 14.9. The molecule has 3 amide bonds. The zero-order valence-electron chi connectivity index (χ0n) is 14.9. The lowest BCUT2D eigenvalue weighted by Gasteiger charge is -2.08. The predicted octanol–water partition coefficient (Wildman–Crippen LogP) is 2.89. The summed E-state index contributed by atoms with van der Waals surface area (Å²) in [6, 6.07) is 10.5. The number of nitrogens with one attached hydrogen (secondary N) is 2. The van der Waals surface area contributed by atoms with E-state index in [1.807, 2.05) is 26.0 Å². The number of hydrogen-bond donors (Lipinski definition) is 2. The van der Waals surface area contributed by atoms with Crippen LogP contribution in [0.5, 0.6) is 0 Å². The van der Waals surface area contributed by atoms with E-state index in [-0.39, 0.29) is 30.0 Å². The molecule has 8 heteroatoms. The number of nitro benzene ring substituents is 1. The van der Waals surface area contributed by atoms with Crippen molar-refractivity contribution in [2.75, 3.05) is 5.32 Å². The Labute approximate surface area is 155 Å². The fourth-order valence-electron chi connectivity index (χ4n) is 2.29. The fourth-order valence-corrected chi connectivity index (χ4v) is 2.29. The maximum absolute atomic E-state index is 12.0. The summed E-state index contributed by atoms with van der Waals surface area (Å²) < 4.78 is 0. The van der Waals surface area contributed by atoms with Crippen molar-refractivity contribution in [3.8, 4) is 0 Å². The van der Waals surface area contributed by atoms with Gasteiger partial charge in [0.15, 0.2) is 0 Å². The van der Waals surface area contributed by atoms with Gasteiger partial charge >= 0.3 is 0 Å². The highest BCUT2D eigenvalue weighted by Crippen LogP contribution is 2.15. The number of anilines is 1. The number of imide groups is 1. The maximum Gasteiger partial charge on any atom is 0.270 e. The molecule has 0 heterocycles. The van der Waals surface area contributed by atoms with Crippen molar-refractivity contribution < 1.29 is 19.3 Å². The molecule has 0 radical (unpaired) electrons. The summed E-state index contributed by atoms with van der Waals surface area (Å²) in [4.78, 5) is 45.9. The van der Waals surface area contributed by atoms with E-state index in [0.717, 1.165) is 17.2 Å². The second-order valence-electron chi connectivity index (χ2n) is 6.03. The van der Waals surface area contributed by atoms with Gasteiger partial charge in [-0.1, -0.05) is 12.1 Å².